The summed E-state index contributed by atoms with van der Waals surface area (Å²) in [7, 11) is 2.11. The van der Waals surface area contributed by atoms with Crippen molar-refractivity contribution < 1.29 is 9.30 Å². The van der Waals surface area contributed by atoms with Crippen molar-refractivity contribution in [3.63, 3.8) is 0 Å². The van der Waals surface area contributed by atoms with E-state index in [9.17, 15) is 0 Å². The molecule has 0 bridgehead atoms. The average molecular weight is 312 g/mol. The molecule has 24 heavy (non-hydrogen) atoms. The molecule has 116 valence electrons. The van der Waals surface area contributed by atoms with E-state index >= 15 is 0 Å². The molecule has 0 N–H and O–H groups in total. The van der Waals surface area contributed by atoms with Crippen LogP contribution in [-0.4, -0.2) is 0 Å². The second-order valence-electron chi connectivity index (χ2n) is 6.65. The molecule has 0 saturated carbocycles. The Bertz CT molecular complexity index is 1160. The Morgan fingerprint density at radius 1 is 0.833 bits per heavy atom. The molecule has 0 fully saturated rings. The van der Waals surface area contributed by atoms with Crippen molar-refractivity contribution in [3.8, 4) is 22.8 Å². The predicted octanol–water partition coefficient (Wildman–Crippen LogP) is 5.21. The Hall–Kier alpha value is -2.87. The van der Waals surface area contributed by atoms with Crippen LogP contribution in [0.1, 0.15) is 11.1 Å². The average Bonchev–Trinajstić information content (AvgIpc) is 2.57. The SMILES string of the molecule is Cc1cccc2cc3c(c(C)c12)-c1c2c(cccc2cc[n+]1C)O3. The zero-order valence-electron chi connectivity index (χ0n) is 14.1. The summed E-state index contributed by atoms with van der Waals surface area (Å²) >= 11 is 0. The van der Waals surface area contributed by atoms with Crippen molar-refractivity contribution in [2.45, 2.75) is 13.8 Å². The van der Waals surface area contributed by atoms with Crippen LogP contribution in [0.2, 0.25) is 0 Å². The van der Waals surface area contributed by atoms with Crippen LogP contribution in [0.5, 0.6) is 11.5 Å². The number of aromatic nitrogens is 1. The molecule has 1 aliphatic rings. The number of rotatable bonds is 0. The van der Waals surface area contributed by atoms with Gasteiger partial charge in [-0.05, 0) is 53.3 Å². The maximum absolute atomic E-state index is 6.32. The fraction of sp³-hybridized carbons (Fsp3) is 0.136. The summed E-state index contributed by atoms with van der Waals surface area (Å²) in [4.78, 5) is 0. The lowest BCUT2D eigenvalue weighted by Gasteiger charge is -2.22. The molecule has 0 saturated heterocycles. The van der Waals surface area contributed by atoms with Crippen LogP contribution in [0.15, 0.2) is 54.7 Å². The van der Waals surface area contributed by atoms with E-state index in [0.717, 1.165) is 11.5 Å². The van der Waals surface area contributed by atoms with E-state index in [4.69, 9.17) is 4.74 Å². The van der Waals surface area contributed by atoms with Crippen LogP contribution in [0.3, 0.4) is 0 Å². The highest BCUT2D eigenvalue weighted by Gasteiger charge is 2.29. The van der Waals surface area contributed by atoms with Crippen LogP contribution in [0, 0.1) is 13.8 Å². The first-order chi connectivity index (χ1) is 11.6. The fourth-order valence-corrected chi connectivity index (χ4v) is 4.11. The van der Waals surface area contributed by atoms with Gasteiger partial charge < -0.3 is 4.74 Å². The van der Waals surface area contributed by atoms with Gasteiger partial charge in [-0.3, -0.25) is 0 Å². The second kappa shape index (κ2) is 4.57. The number of fused-ring (bicyclic) bond motifs is 3. The van der Waals surface area contributed by atoms with Crippen molar-refractivity contribution in [2.24, 2.45) is 7.05 Å². The molecule has 5 rings (SSSR count). The topological polar surface area (TPSA) is 13.1 Å². The van der Waals surface area contributed by atoms with E-state index < -0.39 is 0 Å². The number of hydrogen-bond acceptors (Lipinski definition) is 1. The Morgan fingerprint density at radius 2 is 1.62 bits per heavy atom. The second-order valence-corrected chi connectivity index (χ2v) is 6.65. The van der Waals surface area contributed by atoms with Crippen molar-refractivity contribution >= 4 is 21.5 Å². The summed E-state index contributed by atoms with van der Waals surface area (Å²) in [5, 5.41) is 4.98. The molecule has 2 heteroatoms. The molecule has 0 atom stereocenters. The molecule has 2 heterocycles. The first-order valence-corrected chi connectivity index (χ1v) is 8.27. The Kier molecular flexibility index (Phi) is 2.58. The number of hydrogen-bond donors (Lipinski definition) is 0. The number of aryl methyl sites for hydroxylation is 3. The minimum absolute atomic E-state index is 0.942. The number of nitrogens with zero attached hydrogens (tertiary/aromatic N) is 1. The lowest BCUT2D eigenvalue weighted by atomic mass is 9.90. The minimum atomic E-state index is 0.942. The van der Waals surface area contributed by atoms with Gasteiger partial charge >= 0.3 is 0 Å². The smallest absolute Gasteiger partial charge is 0.228 e. The number of benzene rings is 3. The highest BCUT2D eigenvalue weighted by molar-refractivity contribution is 6.05. The first kappa shape index (κ1) is 13.6. The third-order valence-corrected chi connectivity index (χ3v) is 5.17. The van der Waals surface area contributed by atoms with Crippen LogP contribution in [0.25, 0.3) is 32.8 Å². The van der Waals surface area contributed by atoms with Gasteiger partial charge in [-0.25, -0.2) is 4.57 Å². The van der Waals surface area contributed by atoms with Gasteiger partial charge in [-0.2, -0.15) is 0 Å². The fourth-order valence-electron chi connectivity index (χ4n) is 4.11. The summed E-state index contributed by atoms with van der Waals surface area (Å²) in [6.07, 6.45) is 2.14. The Morgan fingerprint density at radius 3 is 2.50 bits per heavy atom. The van der Waals surface area contributed by atoms with E-state index in [2.05, 4.69) is 80.2 Å². The largest absolute Gasteiger partial charge is 0.456 e. The third-order valence-electron chi connectivity index (χ3n) is 5.17. The summed E-state index contributed by atoms with van der Waals surface area (Å²) in [5.41, 5.74) is 5.05. The molecule has 0 radical (unpaired) electrons. The highest BCUT2D eigenvalue weighted by Crippen LogP contribution is 2.48. The highest BCUT2D eigenvalue weighted by atomic mass is 16.5. The normalized spacial score (nSPS) is 12.3. The van der Waals surface area contributed by atoms with Gasteiger partial charge in [0.2, 0.25) is 5.69 Å². The van der Waals surface area contributed by atoms with Gasteiger partial charge in [-0.15, -0.1) is 0 Å². The summed E-state index contributed by atoms with van der Waals surface area (Å²) in [6, 6.07) is 17.1. The summed E-state index contributed by atoms with van der Waals surface area (Å²) < 4.78 is 8.53. The van der Waals surface area contributed by atoms with E-state index in [1.54, 1.807) is 0 Å². The minimum Gasteiger partial charge on any atom is -0.456 e. The first-order valence-electron chi connectivity index (χ1n) is 8.27. The maximum Gasteiger partial charge on any atom is 0.228 e. The van der Waals surface area contributed by atoms with Crippen LogP contribution in [-0.2, 0) is 7.05 Å². The zero-order valence-corrected chi connectivity index (χ0v) is 14.1. The van der Waals surface area contributed by atoms with Gasteiger partial charge in [0.05, 0.1) is 10.9 Å². The van der Waals surface area contributed by atoms with Crippen LogP contribution >= 0.6 is 0 Å². The van der Waals surface area contributed by atoms with Crippen molar-refractivity contribution in [1.82, 2.24) is 0 Å². The molecule has 0 amide bonds. The van der Waals surface area contributed by atoms with Crippen LogP contribution in [0.4, 0.5) is 0 Å². The lowest BCUT2D eigenvalue weighted by Crippen LogP contribution is -2.31. The Balaban J connectivity index is 2.03. The summed E-state index contributed by atoms with van der Waals surface area (Å²) in [6.45, 7) is 4.39. The van der Waals surface area contributed by atoms with Gasteiger partial charge in [0.1, 0.15) is 18.5 Å². The number of pyridine rings is 1. The standard InChI is InChI=1S/C22H18NO/c1-13-6-4-8-16-12-18-20(14(2)19(13)16)22-21-15(10-11-23(22)3)7-5-9-17(21)24-18/h4-12H,1-3H3/q+1. The summed E-state index contributed by atoms with van der Waals surface area (Å²) in [5.74, 6) is 1.89. The third kappa shape index (κ3) is 1.63. The molecule has 0 spiro atoms. The van der Waals surface area contributed by atoms with Gasteiger partial charge in [0.15, 0.2) is 6.20 Å². The molecular formula is C22H18NO+. The molecule has 0 aliphatic carbocycles. The quantitative estimate of drug-likeness (QED) is 0.358. The van der Waals surface area contributed by atoms with Crippen molar-refractivity contribution in [1.29, 1.82) is 0 Å². The maximum atomic E-state index is 6.32. The van der Waals surface area contributed by atoms with E-state index in [0.29, 0.717) is 0 Å². The van der Waals surface area contributed by atoms with Gasteiger partial charge in [0.25, 0.3) is 0 Å². The molecular weight excluding hydrogens is 294 g/mol. The van der Waals surface area contributed by atoms with Crippen LogP contribution < -0.4 is 9.30 Å². The molecule has 3 aromatic carbocycles. The van der Waals surface area contributed by atoms with Crippen molar-refractivity contribution in [2.75, 3.05) is 0 Å². The van der Waals surface area contributed by atoms with E-state index in [1.807, 2.05) is 0 Å². The molecule has 1 aliphatic heterocycles. The molecule has 0 unspecified atom stereocenters. The Labute approximate surface area is 140 Å². The molecule has 2 nitrogen and oxygen atoms in total. The van der Waals surface area contributed by atoms with Gasteiger partial charge in [0, 0.05) is 6.07 Å². The monoisotopic (exact) mass is 312 g/mol. The molecule has 1 aromatic heterocycles. The lowest BCUT2D eigenvalue weighted by molar-refractivity contribution is -0.659. The van der Waals surface area contributed by atoms with E-state index in [1.165, 1.54) is 43.9 Å². The van der Waals surface area contributed by atoms with Gasteiger partial charge in [-0.1, -0.05) is 30.3 Å². The van der Waals surface area contributed by atoms with Crippen molar-refractivity contribution in [3.05, 3.63) is 65.9 Å². The van der Waals surface area contributed by atoms with E-state index in [-0.39, 0.29) is 0 Å². The number of ether oxygens (including phenoxy) is 1. The molecule has 4 aromatic rings. The predicted molar refractivity (Wildman–Crippen MR) is 97.6 cm³/mol. The zero-order chi connectivity index (χ0) is 16.4.